The topological polar surface area (TPSA) is 105 Å². The van der Waals surface area contributed by atoms with Gasteiger partial charge in [-0.2, -0.15) is 0 Å². The summed E-state index contributed by atoms with van der Waals surface area (Å²) in [6.45, 7) is 28.2. The van der Waals surface area contributed by atoms with Crippen LogP contribution in [0.4, 0.5) is 11.6 Å². The Balaban J connectivity index is 1.27. The van der Waals surface area contributed by atoms with Gasteiger partial charge >= 0.3 is 0 Å². The standard InChI is InChI=1S/C48H66N8/c1-45(2,3)25-13-17-29-33(21-25)41-49-37(29)54-42-35-23-27(47(7,8)9)15-19-31(35)39(51-42)56-44-36-24-28(48(10,11)12)16-20-32(36)40(52-44)55-43-34-22-26(46(4,5)6)14-18-30(34)38(50-43)53-41/h13,16-17,20-21,24,26-27,30-31,34-35,38,42,52H,14-15,18-19,22-23H2,1-12H3,(H,50,55)(H,51,56)(H,49,53,54). The summed E-state index contributed by atoms with van der Waals surface area (Å²) in [4.78, 5) is 30.0. The van der Waals surface area contributed by atoms with Crippen molar-refractivity contribution in [3.8, 4) is 0 Å². The molecule has 2 aromatic carbocycles. The third-order valence-corrected chi connectivity index (χ3v) is 14.6. The van der Waals surface area contributed by atoms with Crippen molar-refractivity contribution in [1.29, 1.82) is 0 Å². The first-order chi connectivity index (χ1) is 26.2. The van der Waals surface area contributed by atoms with E-state index in [4.69, 9.17) is 20.0 Å². The SMILES string of the molecule is CC(C)(C)c1ccc2c3[nH]c(c2c1)NC1=NC(/N=c2\[nH]/c(c4cc(C(C)(C)C)ccc24)=N\C2N=C(N3)C3CC(C(C)(C)C)CCC23)C2CC(C(C)(C)C)CCC12. The van der Waals surface area contributed by atoms with Crippen molar-refractivity contribution in [3.05, 3.63) is 58.5 Å². The Morgan fingerprint density at radius 3 is 1.62 bits per heavy atom. The summed E-state index contributed by atoms with van der Waals surface area (Å²) in [7, 11) is 0. The second kappa shape index (κ2) is 12.8. The number of aromatic amines is 2. The summed E-state index contributed by atoms with van der Waals surface area (Å²) in [5, 5.41) is 12.5. The van der Waals surface area contributed by atoms with Gasteiger partial charge in [-0.15, -0.1) is 0 Å². The second-order valence-electron chi connectivity index (χ2n) is 22.4. The molecule has 8 nitrogen and oxygen atoms in total. The maximum absolute atomic E-state index is 5.61. The largest absolute Gasteiger partial charge is 0.329 e. The molecule has 8 atom stereocenters. The highest BCUT2D eigenvalue weighted by Gasteiger charge is 2.47. The summed E-state index contributed by atoms with van der Waals surface area (Å²) in [6, 6.07) is 13.9. The molecule has 2 aliphatic carbocycles. The molecule has 3 aliphatic heterocycles. The summed E-state index contributed by atoms with van der Waals surface area (Å²) in [5.41, 5.74) is 4.91. The van der Waals surface area contributed by atoms with Crippen LogP contribution in [-0.2, 0) is 10.8 Å². The normalized spacial score (nSPS) is 30.6. The maximum Gasteiger partial charge on any atom is 0.147 e. The molecule has 56 heavy (non-hydrogen) atoms. The first-order valence-corrected chi connectivity index (χ1v) is 21.7. The number of aliphatic imine (C=N–C) groups is 2. The molecule has 0 saturated heterocycles. The Hall–Kier alpha value is -3.94. The number of nitrogens with zero attached hydrogens (tertiary/aromatic N) is 4. The number of hydrogen-bond acceptors (Lipinski definition) is 6. The zero-order valence-corrected chi connectivity index (χ0v) is 36.1. The van der Waals surface area contributed by atoms with Gasteiger partial charge in [0.2, 0.25) is 0 Å². The van der Waals surface area contributed by atoms with E-state index < -0.39 is 0 Å². The molecule has 9 rings (SSSR count). The number of amidine groups is 2. The third-order valence-electron chi connectivity index (χ3n) is 14.6. The smallest absolute Gasteiger partial charge is 0.147 e. The minimum atomic E-state index is -0.185. The number of anilines is 2. The number of fused-ring (bicyclic) bond motifs is 18. The van der Waals surface area contributed by atoms with E-state index in [0.717, 1.165) is 70.7 Å². The number of rotatable bonds is 0. The van der Waals surface area contributed by atoms with Gasteiger partial charge in [-0.1, -0.05) is 107 Å². The summed E-state index contributed by atoms with van der Waals surface area (Å²) in [6.07, 6.45) is 6.49. The predicted octanol–water partition coefficient (Wildman–Crippen LogP) is 10.7. The zero-order valence-electron chi connectivity index (χ0n) is 36.1. The third kappa shape index (κ3) is 6.51. The summed E-state index contributed by atoms with van der Waals surface area (Å²) < 4.78 is 0. The van der Waals surface area contributed by atoms with Crippen molar-refractivity contribution >= 4 is 44.9 Å². The number of nitrogens with one attached hydrogen (secondary N) is 4. The van der Waals surface area contributed by atoms with Gasteiger partial charge in [0.1, 0.15) is 46.6 Å². The van der Waals surface area contributed by atoms with Crippen LogP contribution >= 0.6 is 0 Å². The number of aromatic nitrogens is 2. The fourth-order valence-electron chi connectivity index (χ4n) is 10.8. The Morgan fingerprint density at radius 1 is 0.482 bits per heavy atom. The van der Waals surface area contributed by atoms with Gasteiger partial charge in [0.25, 0.3) is 0 Å². The molecule has 8 unspecified atom stereocenters. The van der Waals surface area contributed by atoms with Gasteiger partial charge < -0.3 is 20.6 Å². The fourth-order valence-corrected chi connectivity index (χ4v) is 10.8. The van der Waals surface area contributed by atoms with Crippen molar-refractivity contribution in [1.82, 2.24) is 9.97 Å². The molecular weight excluding hydrogens is 689 g/mol. The first kappa shape index (κ1) is 37.6. The fraction of sp³-hybridized carbons (Fsp3) is 0.625. The Bertz CT molecular complexity index is 2380. The molecule has 2 saturated carbocycles. The van der Waals surface area contributed by atoms with E-state index in [1.54, 1.807) is 0 Å². The van der Waals surface area contributed by atoms with Crippen molar-refractivity contribution in [2.45, 2.75) is 145 Å². The van der Waals surface area contributed by atoms with Crippen LogP contribution in [-0.4, -0.2) is 34.0 Å². The van der Waals surface area contributed by atoms with Crippen LogP contribution in [0.2, 0.25) is 0 Å². The molecule has 0 amide bonds. The van der Waals surface area contributed by atoms with Crippen LogP contribution < -0.4 is 21.6 Å². The molecule has 0 radical (unpaired) electrons. The van der Waals surface area contributed by atoms with Crippen molar-refractivity contribution in [2.24, 2.45) is 66.3 Å². The first-order valence-electron chi connectivity index (χ1n) is 21.7. The molecule has 2 fully saturated rings. The Labute approximate surface area is 334 Å². The van der Waals surface area contributed by atoms with Crippen molar-refractivity contribution in [3.63, 3.8) is 0 Å². The van der Waals surface area contributed by atoms with Crippen LogP contribution in [0, 0.1) is 46.3 Å². The van der Waals surface area contributed by atoms with E-state index in [9.17, 15) is 0 Å². The van der Waals surface area contributed by atoms with Gasteiger partial charge in [-0.05, 0) is 95.3 Å². The van der Waals surface area contributed by atoms with Gasteiger partial charge in [-0.25, -0.2) is 20.0 Å². The Kier molecular flexibility index (Phi) is 8.59. The molecule has 8 heteroatoms. The van der Waals surface area contributed by atoms with Gasteiger partial charge in [0, 0.05) is 45.2 Å². The minimum Gasteiger partial charge on any atom is -0.329 e. The highest BCUT2D eigenvalue weighted by atomic mass is 15.2. The number of benzene rings is 2. The molecule has 4 aromatic rings. The van der Waals surface area contributed by atoms with E-state index in [0.29, 0.717) is 35.5 Å². The molecular formula is C48H66N8. The number of hydrogen-bond donors (Lipinski definition) is 4. The van der Waals surface area contributed by atoms with Crippen LogP contribution in [0.3, 0.4) is 0 Å². The maximum atomic E-state index is 5.61. The van der Waals surface area contributed by atoms with Crippen LogP contribution in [0.15, 0.2) is 56.4 Å². The van der Waals surface area contributed by atoms with E-state index in [-0.39, 0.29) is 34.0 Å². The van der Waals surface area contributed by atoms with Crippen LogP contribution in [0.5, 0.6) is 0 Å². The lowest BCUT2D eigenvalue weighted by molar-refractivity contribution is 0.118. The van der Waals surface area contributed by atoms with Gasteiger partial charge in [0.05, 0.1) is 0 Å². The van der Waals surface area contributed by atoms with Gasteiger partial charge in [-0.3, -0.25) is 0 Å². The number of H-pyrrole nitrogens is 2. The molecule has 5 heterocycles. The van der Waals surface area contributed by atoms with E-state index in [1.165, 1.54) is 34.7 Å². The molecule has 4 N–H and O–H groups in total. The lowest BCUT2D eigenvalue weighted by Gasteiger charge is -2.40. The van der Waals surface area contributed by atoms with Crippen molar-refractivity contribution in [2.75, 3.05) is 10.6 Å². The lowest BCUT2D eigenvalue weighted by Crippen LogP contribution is -2.37. The molecule has 298 valence electrons. The van der Waals surface area contributed by atoms with E-state index in [2.05, 4.69) is 140 Å². The molecule has 0 spiro atoms. The van der Waals surface area contributed by atoms with Crippen LogP contribution in [0.1, 0.15) is 133 Å². The van der Waals surface area contributed by atoms with Gasteiger partial charge in [0.15, 0.2) is 0 Å². The zero-order chi connectivity index (χ0) is 39.7. The highest BCUT2D eigenvalue weighted by molar-refractivity contribution is 6.12. The molecule has 2 aromatic heterocycles. The summed E-state index contributed by atoms with van der Waals surface area (Å²) in [5.74, 6) is 6.65. The van der Waals surface area contributed by atoms with E-state index in [1.807, 2.05) is 0 Å². The van der Waals surface area contributed by atoms with Crippen molar-refractivity contribution < 1.29 is 0 Å². The second-order valence-corrected chi connectivity index (χ2v) is 22.4. The predicted molar refractivity (Wildman–Crippen MR) is 234 cm³/mol. The average Bonchev–Trinajstić information content (AvgIpc) is 3.84. The molecule has 5 aliphatic rings. The monoisotopic (exact) mass is 755 g/mol. The highest BCUT2D eigenvalue weighted by Crippen LogP contribution is 2.50. The quantitative estimate of drug-likeness (QED) is 0.144. The van der Waals surface area contributed by atoms with E-state index >= 15 is 0 Å². The minimum absolute atomic E-state index is 0.00701. The summed E-state index contributed by atoms with van der Waals surface area (Å²) >= 11 is 0. The Morgan fingerprint density at radius 2 is 1.00 bits per heavy atom. The average molecular weight is 755 g/mol. The van der Waals surface area contributed by atoms with Crippen LogP contribution in [0.25, 0.3) is 21.5 Å². The lowest BCUT2D eigenvalue weighted by atomic mass is 9.65. The molecule has 8 bridgehead atoms.